The second-order valence-corrected chi connectivity index (χ2v) is 5.91. The Hall–Kier alpha value is -1.49. The predicted molar refractivity (Wildman–Crippen MR) is 65.3 cm³/mol. The maximum Gasteiger partial charge on any atom is 0.418 e. The molecule has 1 N–H and O–H groups in total. The van der Waals surface area contributed by atoms with Gasteiger partial charge in [0, 0.05) is 12.7 Å². The highest BCUT2D eigenvalue weighted by Gasteiger charge is 2.45. The maximum absolute atomic E-state index is 11.9. The molecule has 3 rings (SSSR count). The van der Waals surface area contributed by atoms with Gasteiger partial charge in [0.15, 0.2) is 0 Å². The maximum atomic E-state index is 11.9. The summed E-state index contributed by atoms with van der Waals surface area (Å²) in [7, 11) is -4.73. The van der Waals surface area contributed by atoms with Crippen molar-refractivity contribution in [3.63, 3.8) is 0 Å². The molecule has 2 aliphatic heterocycles. The average molecular weight is 303 g/mol. The van der Waals surface area contributed by atoms with Crippen molar-refractivity contribution in [2.24, 2.45) is 0 Å². The fourth-order valence-corrected chi connectivity index (χ4v) is 3.22. The third kappa shape index (κ3) is 2.23. The number of aromatic nitrogens is 1. The van der Waals surface area contributed by atoms with Crippen molar-refractivity contribution in [1.29, 1.82) is 0 Å². The van der Waals surface area contributed by atoms with E-state index >= 15 is 0 Å². The SMILES string of the molecule is O=C1N2CC=C(c3ccns3)C(C2)N1OS(=O)(=O)O. The molecule has 102 valence electrons. The van der Waals surface area contributed by atoms with E-state index in [1.807, 2.05) is 6.08 Å². The molecule has 1 unspecified atom stereocenters. The zero-order valence-electron chi connectivity index (χ0n) is 9.46. The minimum atomic E-state index is -4.73. The fourth-order valence-electron chi connectivity index (χ4n) is 2.17. The van der Waals surface area contributed by atoms with Crippen LogP contribution in [0, 0.1) is 0 Å². The lowest BCUT2D eigenvalue weighted by atomic mass is 10.0. The molecule has 2 amide bonds. The van der Waals surface area contributed by atoms with Crippen LogP contribution < -0.4 is 0 Å². The molecule has 10 heteroatoms. The summed E-state index contributed by atoms with van der Waals surface area (Å²) in [5.41, 5.74) is 0.772. The van der Waals surface area contributed by atoms with Crippen LogP contribution in [0.25, 0.3) is 5.57 Å². The van der Waals surface area contributed by atoms with E-state index in [9.17, 15) is 13.2 Å². The lowest BCUT2D eigenvalue weighted by Gasteiger charge is -2.22. The Morgan fingerprint density at radius 3 is 2.95 bits per heavy atom. The number of hydrogen-bond donors (Lipinski definition) is 1. The number of rotatable bonds is 3. The number of carbonyl (C=O) groups is 1. The highest BCUT2D eigenvalue weighted by atomic mass is 32.3. The smallest absolute Gasteiger partial charge is 0.317 e. The summed E-state index contributed by atoms with van der Waals surface area (Å²) < 4.78 is 38.7. The molecular weight excluding hydrogens is 294 g/mol. The molecule has 0 saturated carbocycles. The zero-order valence-corrected chi connectivity index (χ0v) is 11.1. The number of amides is 2. The zero-order chi connectivity index (χ0) is 13.6. The number of hydrogen-bond acceptors (Lipinski definition) is 6. The molecule has 1 saturated heterocycles. The molecule has 0 radical (unpaired) electrons. The van der Waals surface area contributed by atoms with Gasteiger partial charge in [0.05, 0.1) is 11.4 Å². The Labute approximate surface area is 113 Å². The average Bonchev–Trinajstić information content (AvgIpc) is 2.93. The van der Waals surface area contributed by atoms with Crippen LogP contribution in [0.1, 0.15) is 4.88 Å². The van der Waals surface area contributed by atoms with Gasteiger partial charge in [-0.25, -0.2) is 9.17 Å². The Bertz CT molecular complexity index is 639. The molecule has 0 aliphatic carbocycles. The van der Waals surface area contributed by atoms with Gasteiger partial charge < -0.3 is 4.90 Å². The summed E-state index contributed by atoms with van der Waals surface area (Å²) in [4.78, 5) is 14.2. The normalized spacial score (nSPS) is 22.9. The van der Waals surface area contributed by atoms with Crippen molar-refractivity contribution < 1.29 is 22.0 Å². The number of urea groups is 1. The van der Waals surface area contributed by atoms with Crippen molar-refractivity contribution >= 4 is 33.5 Å². The summed E-state index contributed by atoms with van der Waals surface area (Å²) >= 11 is 1.25. The molecule has 1 atom stereocenters. The lowest BCUT2D eigenvalue weighted by Crippen LogP contribution is -2.36. The van der Waals surface area contributed by atoms with Gasteiger partial charge >= 0.3 is 16.4 Å². The van der Waals surface area contributed by atoms with Gasteiger partial charge in [-0.1, -0.05) is 6.08 Å². The second kappa shape index (κ2) is 4.27. The van der Waals surface area contributed by atoms with Gasteiger partial charge in [0.1, 0.15) is 6.04 Å². The van der Waals surface area contributed by atoms with Crippen LogP contribution in [0.2, 0.25) is 0 Å². The summed E-state index contributed by atoms with van der Waals surface area (Å²) in [6.07, 6.45) is 3.45. The number of nitrogens with zero attached hydrogens (tertiary/aromatic N) is 3. The Kier molecular flexibility index (Phi) is 2.82. The highest BCUT2D eigenvalue weighted by molar-refractivity contribution is 7.80. The number of hydroxylamine groups is 2. The lowest BCUT2D eigenvalue weighted by molar-refractivity contribution is -0.0159. The van der Waals surface area contributed by atoms with Crippen molar-refractivity contribution in [3.05, 3.63) is 23.2 Å². The van der Waals surface area contributed by atoms with Crippen LogP contribution in [-0.4, -0.2) is 52.5 Å². The predicted octanol–water partition coefficient (Wildman–Crippen LogP) is 0.381. The Balaban J connectivity index is 1.95. The van der Waals surface area contributed by atoms with Crippen LogP contribution in [0.5, 0.6) is 0 Å². The van der Waals surface area contributed by atoms with E-state index in [1.54, 1.807) is 12.3 Å². The molecule has 3 heterocycles. The first kappa shape index (κ1) is 12.5. The van der Waals surface area contributed by atoms with E-state index in [2.05, 4.69) is 8.66 Å². The van der Waals surface area contributed by atoms with Crippen LogP contribution >= 0.6 is 11.5 Å². The molecule has 2 aliphatic rings. The minimum absolute atomic E-state index is 0.318. The van der Waals surface area contributed by atoms with E-state index in [4.69, 9.17) is 4.55 Å². The molecule has 1 aromatic heterocycles. The van der Waals surface area contributed by atoms with Gasteiger partial charge in [-0.15, -0.1) is 4.28 Å². The van der Waals surface area contributed by atoms with Crippen LogP contribution in [0.4, 0.5) is 4.79 Å². The van der Waals surface area contributed by atoms with Gasteiger partial charge in [0.2, 0.25) is 0 Å². The molecular formula is C9H9N3O5S2. The van der Waals surface area contributed by atoms with Gasteiger partial charge in [0.25, 0.3) is 0 Å². The molecule has 1 fully saturated rings. The molecule has 0 aromatic carbocycles. The quantitative estimate of drug-likeness (QED) is 0.810. The molecule has 1 aromatic rings. The summed E-state index contributed by atoms with van der Waals surface area (Å²) in [6.45, 7) is 0.686. The van der Waals surface area contributed by atoms with Crippen molar-refractivity contribution in [1.82, 2.24) is 14.3 Å². The van der Waals surface area contributed by atoms with E-state index in [0.717, 1.165) is 10.5 Å². The fraction of sp³-hybridized carbons (Fsp3) is 0.333. The summed E-state index contributed by atoms with van der Waals surface area (Å²) in [6, 6.07) is 0.627. The minimum Gasteiger partial charge on any atom is -0.317 e. The van der Waals surface area contributed by atoms with Crippen molar-refractivity contribution in [2.45, 2.75) is 6.04 Å². The second-order valence-electron chi connectivity index (χ2n) is 4.07. The number of fused-ring (bicyclic) bond motifs is 2. The van der Waals surface area contributed by atoms with E-state index < -0.39 is 22.5 Å². The largest absolute Gasteiger partial charge is 0.418 e. The van der Waals surface area contributed by atoms with E-state index in [0.29, 0.717) is 18.2 Å². The van der Waals surface area contributed by atoms with Gasteiger partial charge in [-0.3, -0.25) is 4.55 Å². The highest BCUT2D eigenvalue weighted by Crippen LogP contribution is 2.34. The molecule has 0 spiro atoms. The standard InChI is InChI=1S/C9H9N3O5S2/c13-9-11-4-2-6(8-1-3-10-18-8)7(5-11)12(9)17-19(14,15)16/h1-3,7H,4-5H2,(H,14,15,16). The van der Waals surface area contributed by atoms with Crippen molar-refractivity contribution in [2.75, 3.05) is 13.1 Å². The van der Waals surface area contributed by atoms with Crippen molar-refractivity contribution in [3.8, 4) is 0 Å². The van der Waals surface area contributed by atoms with Crippen LogP contribution in [-0.2, 0) is 14.7 Å². The van der Waals surface area contributed by atoms with Crippen LogP contribution in [0.15, 0.2) is 18.3 Å². The van der Waals surface area contributed by atoms with Gasteiger partial charge in [-0.05, 0) is 23.2 Å². The molecule has 2 bridgehead atoms. The van der Waals surface area contributed by atoms with E-state index in [1.165, 1.54) is 16.4 Å². The topological polar surface area (TPSA) is 100 Å². The van der Waals surface area contributed by atoms with E-state index in [-0.39, 0.29) is 0 Å². The Morgan fingerprint density at radius 2 is 2.32 bits per heavy atom. The van der Waals surface area contributed by atoms with Crippen LogP contribution in [0.3, 0.4) is 0 Å². The Morgan fingerprint density at radius 1 is 1.53 bits per heavy atom. The first-order chi connectivity index (χ1) is 8.96. The summed E-state index contributed by atoms with van der Waals surface area (Å²) in [5.74, 6) is 0. The first-order valence-electron chi connectivity index (χ1n) is 5.32. The van der Waals surface area contributed by atoms with Gasteiger partial charge in [-0.2, -0.15) is 13.5 Å². The third-order valence-electron chi connectivity index (χ3n) is 2.92. The molecule has 8 nitrogen and oxygen atoms in total. The monoisotopic (exact) mass is 303 g/mol. The first-order valence-corrected chi connectivity index (χ1v) is 7.46. The third-order valence-corrected chi connectivity index (χ3v) is 4.07. The number of carbonyl (C=O) groups excluding carboxylic acids is 1. The molecule has 19 heavy (non-hydrogen) atoms. The summed E-state index contributed by atoms with van der Waals surface area (Å²) in [5, 5.41) is 0.688.